The van der Waals surface area contributed by atoms with Gasteiger partial charge in [0.15, 0.2) is 0 Å². The Kier molecular flexibility index (Phi) is 8.36. The van der Waals surface area contributed by atoms with Gasteiger partial charge in [0.2, 0.25) is 17.7 Å². The van der Waals surface area contributed by atoms with Crippen molar-refractivity contribution in [2.24, 2.45) is 17.4 Å². The molecule has 2 aromatic rings. The highest BCUT2D eigenvalue weighted by Gasteiger charge is 2.23. The molecule has 2 aromatic carbocycles. The van der Waals surface area contributed by atoms with Gasteiger partial charge in [-0.3, -0.25) is 14.4 Å². The maximum absolute atomic E-state index is 12.5. The SMILES string of the molecule is C=CC[C@H](CNC(=O)[C@H](CC(N)=O)NC(=O)CN)Cc1cccc2ccccc12. The van der Waals surface area contributed by atoms with Crippen molar-refractivity contribution >= 4 is 28.5 Å². The van der Waals surface area contributed by atoms with Crippen LogP contribution in [-0.4, -0.2) is 36.9 Å². The first-order valence-electron chi connectivity index (χ1n) is 9.57. The average Bonchev–Trinajstić information content (AvgIpc) is 2.71. The molecule has 154 valence electrons. The van der Waals surface area contributed by atoms with Crippen LogP contribution in [0.2, 0.25) is 0 Å². The van der Waals surface area contributed by atoms with Gasteiger partial charge in [-0.15, -0.1) is 6.58 Å². The number of rotatable bonds is 11. The quantitative estimate of drug-likeness (QED) is 0.423. The van der Waals surface area contributed by atoms with Crippen LogP contribution in [0.1, 0.15) is 18.4 Å². The molecule has 0 fully saturated rings. The predicted molar refractivity (Wildman–Crippen MR) is 114 cm³/mol. The van der Waals surface area contributed by atoms with Gasteiger partial charge in [-0.1, -0.05) is 48.5 Å². The number of carbonyl (C=O) groups is 3. The van der Waals surface area contributed by atoms with Gasteiger partial charge in [-0.25, -0.2) is 0 Å². The molecule has 0 heterocycles. The van der Waals surface area contributed by atoms with Crippen molar-refractivity contribution in [1.82, 2.24) is 10.6 Å². The first-order chi connectivity index (χ1) is 13.9. The van der Waals surface area contributed by atoms with Gasteiger partial charge in [0.25, 0.3) is 0 Å². The molecule has 29 heavy (non-hydrogen) atoms. The average molecular weight is 396 g/mol. The fourth-order valence-electron chi connectivity index (χ4n) is 3.29. The summed E-state index contributed by atoms with van der Waals surface area (Å²) in [7, 11) is 0. The van der Waals surface area contributed by atoms with E-state index in [0.29, 0.717) is 13.0 Å². The Morgan fingerprint density at radius 2 is 1.83 bits per heavy atom. The Balaban J connectivity index is 2.07. The van der Waals surface area contributed by atoms with Gasteiger partial charge in [0.05, 0.1) is 13.0 Å². The smallest absolute Gasteiger partial charge is 0.243 e. The minimum atomic E-state index is -1.04. The lowest BCUT2D eigenvalue weighted by molar-refractivity contribution is -0.130. The van der Waals surface area contributed by atoms with E-state index in [0.717, 1.165) is 11.8 Å². The molecule has 0 aliphatic heterocycles. The number of allylic oxidation sites excluding steroid dienone is 1. The first-order valence-corrected chi connectivity index (χ1v) is 9.57. The molecule has 0 bridgehead atoms. The number of nitrogens with two attached hydrogens (primary N) is 2. The molecule has 0 aliphatic carbocycles. The van der Waals surface area contributed by atoms with Gasteiger partial charge < -0.3 is 22.1 Å². The lowest BCUT2D eigenvalue weighted by Crippen LogP contribution is -2.50. The summed E-state index contributed by atoms with van der Waals surface area (Å²) >= 11 is 0. The van der Waals surface area contributed by atoms with Crippen LogP contribution in [-0.2, 0) is 20.8 Å². The highest BCUT2D eigenvalue weighted by molar-refractivity contribution is 5.92. The Morgan fingerprint density at radius 1 is 1.10 bits per heavy atom. The molecule has 0 unspecified atom stereocenters. The van der Waals surface area contributed by atoms with E-state index in [1.54, 1.807) is 0 Å². The van der Waals surface area contributed by atoms with Gasteiger partial charge in [-0.05, 0) is 35.1 Å². The Hall–Kier alpha value is -3.19. The van der Waals surface area contributed by atoms with E-state index < -0.39 is 23.8 Å². The molecule has 6 N–H and O–H groups in total. The second-order valence-corrected chi connectivity index (χ2v) is 6.97. The second kappa shape index (κ2) is 11.0. The summed E-state index contributed by atoms with van der Waals surface area (Å²) in [5, 5.41) is 7.59. The van der Waals surface area contributed by atoms with Crippen LogP contribution in [0.4, 0.5) is 0 Å². The van der Waals surface area contributed by atoms with Crippen molar-refractivity contribution in [3.63, 3.8) is 0 Å². The van der Waals surface area contributed by atoms with Gasteiger partial charge in [0.1, 0.15) is 6.04 Å². The maximum Gasteiger partial charge on any atom is 0.243 e. The summed E-state index contributed by atoms with van der Waals surface area (Å²) in [4.78, 5) is 35.3. The molecular weight excluding hydrogens is 368 g/mol. The Bertz CT molecular complexity index is 876. The second-order valence-electron chi connectivity index (χ2n) is 6.97. The van der Waals surface area contributed by atoms with E-state index in [4.69, 9.17) is 11.5 Å². The van der Waals surface area contributed by atoms with E-state index in [1.807, 2.05) is 24.3 Å². The number of hydrogen-bond acceptors (Lipinski definition) is 4. The van der Waals surface area contributed by atoms with Crippen molar-refractivity contribution < 1.29 is 14.4 Å². The third-order valence-electron chi connectivity index (χ3n) is 4.70. The zero-order valence-corrected chi connectivity index (χ0v) is 16.4. The van der Waals surface area contributed by atoms with Crippen molar-refractivity contribution in [3.8, 4) is 0 Å². The van der Waals surface area contributed by atoms with Crippen molar-refractivity contribution in [2.45, 2.75) is 25.3 Å². The minimum Gasteiger partial charge on any atom is -0.370 e. The molecule has 0 aromatic heterocycles. The highest BCUT2D eigenvalue weighted by atomic mass is 16.2. The number of hydrogen-bond donors (Lipinski definition) is 4. The van der Waals surface area contributed by atoms with Crippen molar-refractivity contribution in [2.75, 3.05) is 13.1 Å². The molecular formula is C22H28N4O3. The zero-order valence-electron chi connectivity index (χ0n) is 16.4. The van der Waals surface area contributed by atoms with Crippen LogP contribution in [0.5, 0.6) is 0 Å². The molecule has 0 saturated carbocycles. The molecule has 7 heteroatoms. The first kappa shape index (κ1) is 22.1. The molecule has 0 aliphatic rings. The Morgan fingerprint density at radius 3 is 2.52 bits per heavy atom. The predicted octanol–water partition coefficient (Wildman–Crippen LogP) is 1.01. The highest BCUT2D eigenvalue weighted by Crippen LogP contribution is 2.22. The number of amides is 3. The molecule has 0 saturated heterocycles. The van der Waals surface area contributed by atoms with Gasteiger partial charge in [0, 0.05) is 6.54 Å². The summed E-state index contributed by atoms with van der Waals surface area (Å²) in [6, 6.07) is 13.3. The lowest BCUT2D eigenvalue weighted by atomic mass is 9.92. The minimum absolute atomic E-state index is 0.113. The lowest BCUT2D eigenvalue weighted by Gasteiger charge is -2.21. The van der Waals surface area contributed by atoms with Gasteiger partial charge >= 0.3 is 0 Å². The number of carbonyl (C=O) groups excluding carboxylic acids is 3. The molecule has 0 spiro atoms. The summed E-state index contributed by atoms with van der Waals surface area (Å²) in [5.74, 6) is -1.55. The van der Waals surface area contributed by atoms with E-state index in [2.05, 4.69) is 41.5 Å². The standard InChI is InChI=1S/C22H28N4O3/c1-2-6-15(11-17-9-5-8-16-7-3-4-10-18(16)17)14-25-22(29)19(12-20(24)27)26-21(28)13-23/h2-5,7-10,15,19H,1,6,11-14,23H2,(H2,24,27)(H,25,29)(H,26,28)/t15-,19-/m0/s1. The van der Waals surface area contributed by atoms with E-state index in [-0.39, 0.29) is 18.9 Å². The van der Waals surface area contributed by atoms with Crippen molar-refractivity contribution in [1.29, 1.82) is 0 Å². The van der Waals surface area contributed by atoms with E-state index in [9.17, 15) is 14.4 Å². The van der Waals surface area contributed by atoms with E-state index in [1.165, 1.54) is 10.9 Å². The zero-order chi connectivity index (χ0) is 21.2. The third-order valence-corrected chi connectivity index (χ3v) is 4.70. The van der Waals surface area contributed by atoms with Crippen LogP contribution in [0.25, 0.3) is 10.8 Å². The summed E-state index contributed by atoms with van der Waals surface area (Å²) < 4.78 is 0. The van der Waals surface area contributed by atoms with Crippen LogP contribution < -0.4 is 22.1 Å². The fraction of sp³-hybridized carbons (Fsp3) is 0.318. The third kappa shape index (κ3) is 6.73. The monoisotopic (exact) mass is 396 g/mol. The normalized spacial score (nSPS) is 12.7. The summed E-state index contributed by atoms with van der Waals surface area (Å²) in [5.41, 5.74) is 11.7. The summed E-state index contributed by atoms with van der Waals surface area (Å²) in [6.07, 6.45) is 2.99. The van der Waals surface area contributed by atoms with E-state index >= 15 is 0 Å². The largest absolute Gasteiger partial charge is 0.370 e. The molecule has 3 amide bonds. The molecule has 0 radical (unpaired) electrons. The number of primary amides is 1. The Labute approximate surface area is 170 Å². The van der Waals surface area contributed by atoms with Crippen molar-refractivity contribution in [3.05, 3.63) is 60.7 Å². The molecule has 2 atom stereocenters. The number of benzene rings is 2. The maximum atomic E-state index is 12.5. The van der Waals surface area contributed by atoms with Crippen LogP contribution in [0, 0.1) is 5.92 Å². The number of fused-ring (bicyclic) bond motifs is 1. The molecule has 2 rings (SSSR count). The van der Waals surface area contributed by atoms with Crippen LogP contribution in [0.3, 0.4) is 0 Å². The molecule has 7 nitrogen and oxygen atoms in total. The van der Waals surface area contributed by atoms with Crippen LogP contribution >= 0.6 is 0 Å². The topological polar surface area (TPSA) is 127 Å². The number of nitrogens with one attached hydrogen (secondary N) is 2. The van der Waals surface area contributed by atoms with Crippen LogP contribution in [0.15, 0.2) is 55.1 Å². The fourth-order valence-corrected chi connectivity index (χ4v) is 3.29. The summed E-state index contributed by atoms with van der Waals surface area (Å²) in [6.45, 7) is 3.91. The van der Waals surface area contributed by atoms with Gasteiger partial charge in [-0.2, -0.15) is 0 Å².